The zero-order valence-corrected chi connectivity index (χ0v) is 14.7. The van der Waals surface area contributed by atoms with E-state index in [1.165, 1.54) is 0 Å². The van der Waals surface area contributed by atoms with Crippen LogP contribution in [0.1, 0.15) is 16.5 Å². The molecule has 0 saturated heterocycles. The summed E-state index contributed by atoms with van der Waals surface area (Å²) in [6.45, 7) is 0. The summed E-state index contributed by atoms with van der Waals surface area (Å²) in [7, 11) is 1.61. The molecule has 0 N–H and O–H groups in total. The van der Waals surface area contributed by atoms with E-state index in [2.05, 4.69) is 31.9 Å². The lowest BCUT2D eigenvalue weighted by Crippen LogP contribution is -1.94. The van der Waals surface area contributed by atoms with Crippen molar-refractivity contribution in [2.75, 3.05) is 7.11 Å². The number of halogens is 4. The molecule has 2 aromatic rings. The highest BCUT2D eigenvalue weighted by Crippen LogP contribution is 2.43. The van der Waals surface area contributed by atoms with E-state index in [-0.39, 0.29) is 5.38 Å². The summed E-state index contributed by atoms with van der Waals surface area (Å²) in [5, 5.41) is 0.309. The summed E-state index contributed by atoms with van der Waals surface area (Å²) in [6.07, 6.45) is 0. The van der Waals surface area contributed by atoms with Crippen molar-refractivity contribution in [1.29, 1.82) is 0 Å². The van der Waals surface area contributed by atoms with Crippen LogP contribution >= 0.6 is 66.4 Å². The van der Waals surface area contributed by atoms with Crippen molar-refractivity contribution in [2.45, 2.75) is 5.38 Å². The minimum absolute atomic E-state index is 0.291. The van der Waals surface area contributed by atoms with Gasteiger partial charge in [0.15, 0.2) is 0 Å². The minimum atomic E-state index is -0.291. The molecule has 1 aromatic carbocycles. The molecule has 0 amide bonds. The van der Waals surface area contributed by atoms with Gasteiger partial charge in [-0.3, -0.25) is 0 Å². The Morgan fingerprint density at radius 2 is 1.94 bits per heavy atom. The van der Waals surface area contributed by atoms with Crippen LogP contribution in [0.2, 0.25) is 5.02 Å². The lowest BCUT2D eigenvalue weighted by Gasteiger charge is -2.12. The maximum atomic E-state index is 6.48. The highest BCUT2D eigenvalue weighted by molar-refractivity contribution is 9.12. The molecule has 0 saturated carbocycles. The summed E-state index contributed by atoms with van der Waals surface area (Å²) < 4.78 is 7.15. The van der Waals surface area contributed by atoms with Crippen LogP contribution < -0.4 is 4.74 Å². The maximum Gasteiger partial charge on any atom is 0.120 e. The number of rotatable bonds is 3. The molecule has 1 heterocycles. The van der Waals surface area contributed by atoms with Gasteiger partial charge in [-0.15, -0.1) is 22.9 Å². The molecular formula is C12H8Br2Cl2OS. The Balaban J connectivity index is 2.39. The van der Waals surface area contributed by atoms with Crippen molar-refractivity contribution in [3.8, 4) is 5.75 Å². The van der Waals surface area contributed by atoms with E-state index in [0.717, 1.165) is 24.4 Å². The van der Waals surface area contributed by atoms with Crippen LogP contribution in [0, 0.1) is 0 Å². The van der Waals surface area contributed by atoms with E-state index in [0.29, 0.717) is 5.02 Å². The summed E-state index contributed by atoms with van der Waals surface area (Å²) in [6, 6.07) is 7.50. The van der Waals surface area contributed by atoms with Gasteiger partial charge in [0, 0.05) is 10.6 Å². The highest BCUT2D eigenvalue weighted by Gasteiger charge is 2.19. The molecule has 96 valence electrons. The number of alkyl halides is 1. The average Bonchev–Trinajstić information content (AvgIpc) is 2.67. The SMILES string of the molecule is COc1ccc(C(Cl)c2cc(Br)sc2Br)c(Cl)c1. The molecule has 0 aliphatic rings. The first-order chi connectivity index (χ1) is 8.52. The van der Waals surface area contributed by atoms with Gasteiger partial charge < -0.3 is 4.74 Å². The van der Waals surface area contributed by atoms with Gasteiger partial charge in [-0.05, 0) is 55.6 Å². The normalized spacial score (nSPS) is 12.5. The zero-order chi connectivity index (χ0) is 13.3. The molecule has 0 aliphatic heterocycles. The second kappa shape index (κ2) is 6.14. The summed E-state index contributed by atoms with van der Waals surface area (Å²) in [5.74, 6) is 0.721. The minimum Gasteiger partial charge on any atom is -0.497 e. The largest absolute Gasteiger partial charge is 0.497 e. The lowest BCUT2D eigenvalue weighted by molar-refractivity contribution is 0.414. The predicted molar refractivity (Wildman–Crippen MR) is 85.4 cm³/mol. The fourth-order valence-electron chi connectivity index (χ4n) is 1.53. The van der Waals surface area contributed by atoms with Gasteiger partial charge >= 0.3 is 0 Å². The fraction of sp³-hybridized carbons (Fsp3) is 0.167. The van der Waals surface area contributed by atoms with Crippen LogP contribution in [0.15, 0.2) is 31.8 Å². The van der Waals surface area contributed by atoms with Crippen molar-refractivity contribution in [1.82, 2.24) is 0 Å². The van der Waals surface area contributed by atoms with Crippen molar-refractivity contribution in [3.05, 3.63) is 48.0 Å². The quantitative estimate of drug-likeness (QED) is 0.522. The van der Waals surface area contributed by atoms with Gasteiger partial charge in [0.25, 0.3) is 0 Å². The first kappa shape index (κ1) is 14.7. The molecule has 0 spiro atoms. The van der Waals surface area contributed by atoms with E-state index < -0.39 is 0 Å². The molecule has 18 heavy (non-hydrogen) atoms. The summed E-state index contributed by atoms with van der Waals surface area (Å²) in [5.41, 5.74) is 1.87. The Hall–Kier alpha value is 0.260. The Bertz CT molecular complexity index is 571. The van der Waals surface area contributed by atoms with Crippen LogP contribution in [-0.4, -0.2) is 7.11 Å². The maximum absolute atomic E-state index is 6.48. The molecule has 0 aliphatic carbocycles. The molecule has 1 atom stereocenters. The third-order valence-corrected chi connectivity index (χ3v) is 5.62. The van der Waals surface area contributed by atoms with Crippen LogP contribution in [0.25, 0.3) is 0 Å². The standard InChI is InChI=1S/C12H8Br2Cl2OS/c1-17-6-2-3-7(9(15)4-6)11(16)8-5-10(13)18-12(8)14/h2-5,11H,1H3. The molecule has 0 radical (unpaired) electrons. The Morgan fingerprint density at radius 1 is 1.22 bits per heavy atom. The number of hydrogen-bond donors (Lipinski definition) is 0. The van der Waals surface area contributed by atoms with E-state index >= 15 is 0 Å². The van der Waals surface area contributed by atoms with Crippen molar-refractivity contribution in [3.63, 3.8) is 0 Å². The second-order valence-electron chi connectivity index (χ2n) is 3.53. The summed E-state index contributed by atoms with van der Waals surface area (Å²) >= 11 is 21.2. The highest BCUT2D eigenvalue weighted by atomic mass is 79.9. The number of methoxy groups -OCH3 is 1. The van der Waals surface area contributed by atoms with E-state index in [9.17, 15) is 0 Å². The molecule has 1 aromatic heterocycles. The Kier molecular flexibility index (Phi) is 5.00. The van der Waals surface area contributed by atoms with E-state index in [1.807, 2.05) is 18.2 Å². The Morgan fingerprint density at radius 3 is 2.44 bits per heavy atom. The van der Waals surface area contributed by atoms with Crippen LogP contribution in [-0.2, 0) is 0 Å². The van der Waals surface area contributed by atoms with E-state index in [4.69, 9.17) is 27.9 Å². The van der Waals surface area contributed by atoms with Gasteiger partial charge in [0.05, 0.1) is 20.1 Å². The fourth-order valence-corrected chi connectivity index (χ4v) is 5.33. The van der Waals surface area contributed by atoms with Crippen molar-refractivity contribution in [2.24, 2.45) is 0 Å². The molecule has 1 unspecified atom stereocenters. The van der Waals surface area contributed by atoms with Crippen LogP contribution in [0.3, 0.4) is 0 Å². The van der Waals surface area contributed by atoms with Gasteiger partial charge in [-0.2, -0.15) is 0 Å². The lowest BCUT2D eigenvalue weighted by atomic mass is 10.1. The van der Waals surface area contributed by atoms with Crippen LogP contribution in [0.4, 0.5) is 0 Å². The average molecular weight is 431 g/mol. The topological polar surface area (TPSA) is 9.23 Å². The van der Waals surface area contributed by atoms with Gasteiger partial charge in [0.2, 0.25) is 0 Å². The molecule has 1 nitrogen and oxygen atoms in total. The molecule has 2 rings (SSSR count). The summed E-state index contributed by atoms with van der Waals surface area (Å²) in [4.78, 5) is 0. The predicted octanol–water partition coefficient (Wildman–Crippen LogP) is 6.26. The third-order valence-electron chi connectivity index (χ3n) is 2.44. The molecule has 6 heteroatoms. The molecular weight excluding hydrogens is 423 g/mol. The van der Waals surface area contributed by atoms with Gasteiger partial charge in [-0.1, -0.05) is 17.7 Å². The first-order valence-electron chi connectivity index (χ1n) is 4.95. The Labute approximate surface area is 136 Å². The first-order valence-corrected chi connectivity index (χ1v) is 8.17. The number of ether oxygens (including phenoxy) is 1. The van der Waals surface area contributed by atoms with Crippen LogP contribution in [0.5, 0.6) is 5.75 Å². The number of benzene rings is 1. The zero-order valence-electron chi connectivity index (χ0n) is 9.22. The molecule has 0 bridgehead atoms. The third kappa shape index (κ3) is 3.05. The van der Waals surface area contributed by atoms with E-state index in [1.54, 1.807) is 24.5 Å². The number of thiophene rings is 1. The van der Waals surface area contributed by atoms with Crippen molar-refractivity contribution >= 4 is 66.4 Å². The van der Waals surface area contributed by atoms with Gasteiger partial charge in [-0.25, -0.2) is 0 Å². The number of hydrogen-bond acceptors (Lipinski definition) is 2. The molecule has 0 fully saturated rings. The van der Waals surface area contributed by atoms with Gasteiger partial charge in [0.1, 0.15) is 5.75 Å². The smallest absolute Gasteiger partial charge is 0.120 e. The monoisotopic (exact) mass is 428 g/mol. The second-order valence-corrected chi connectivity index (χ2v) is 8.12. The van der Waals surface area contributed by atoms with Crippen molar-refractivity contribution < 1.29 is 4.74 Å².